The molecule has 1 aliphatic heterocycles. The second kappa shape index (κ2) is 19.4. The second-order valence-corrected chi connectivity index (χ2v) is 15.4. The molecule has 0 saturated carbocycles. The summed E-state index contributed by atoms with van der Waals surface area (Å²) in [6.07, 6.45) is 2.37. The number of aryl methyl sites for hydroxylation is 1. The van der Waals surface area contributed by atoms with Crippen molar-refractivity contribution in [1.29, 1.82) is 0 Å². The number of amides is 2. The van der Waals surface area contributed by atoms with Crippen LogP contribution in [0.15, 0.2) is 91.0 Å². The van der Waals surface area contributed by atoms with Gasteiger partial charge in [-0.1, -0.05) is 119 Å². The van der Waals surface area contributed by atoms with E-state index in [2.05, 4.69) is 10.6 Å². The first-order valence-corrected chi connectivity index (χ1v) is 18.8. The monoisotopic (exact) mass is 708 g/mol. The Morgan fingerprint density at radius 3 is 1.67 bits per heavy atom. The Balaban J connectivity index is 1.53. The number of hydrogen-bond donors (Lipinski definition) is 2. The summed E-state index contributed by atoms with van der Waals surface area (Å²) in [6, 6.07) is 27.2. The first kappa shape index (κ1) is 40.3. The summed E-state index contributed by atoms with van der Waals surface area (Å²) in [6.45, 7) is 10.0. The fourth-order valence-corrected chi connectivity index (χ4v) is 6.67. The highest BCUT2D eigenvalue weighted by atomic mass is 16.6. The number of ketones is 3. The molecule has 1 aliphatic rings. The van der Waals surface area contributed by atoms with Crippen LogP contribution in [0, 0.1) is 23.7 Å². The maximum atomic E-state index is 14.2. The molecule has 3 aromatic rings. The molecule has 1 unspecified atom stereocenters. The molecule has 4 rings (SSSR count). The fraction of sp³-hybridized carbons (Fsp3) is 0.477. The van der Waals surface area contributed by atoms with Gasteiger partial charge in [0.25, 0.3) is 0 Å². The average Bonchev–Trinajstić information content (AvgIpc) is 3.87. The molecule has 2 N–H and O–H groups in total. The van der Waals surface area contributed by atoms with Crippen molar-refractivity contribution >= 4 is 29.2 Å². The van der Waals surface area contributed by atoms with Crippen molar-refractivity contribution in [2.75, 3.05) is 6.61 Å². The van der Waals surface area contributed by atoms with Crippen LogP contribution in [0.2, 0.25) is 0 Å². The summed E-state index contributed by atoms with van der Waals surface area (Å²) < 4.78 is 5.43. The standard InChI is InChI=1S/C44H56N2O6/c1-30(2)23-38(45-42(50)35(22-21-32-15-9-6-10-16-32)27-37(47)26-34-19-13-8-14-20-34)40(48)28-36(25-33-17-11-7-12-18-33)43(51)46-39(24-31(3)4)41(49)44(5)29-52-44/h6-20,30-31,35-36,38-39H,21-29H2,1-5H3,(H,45,50)(H,46,51)/t35?,36-,38+,39+,44-/m1/s1. The van der Waals surface area contributed by atoms with E-state index in [1.807, 2.05) is 119 Å². The van der Waals surface area contributed by atoms with Crippen molar-refractivity contribution in [3.05, 3.63) is 108 Å². The average molecular weight is 709 g/mol. The molecule has 52 heavy (non-hydrogen) atoms. The molecule has 278 valence electrons. The van der Waals surface area contributed by atoms with Crippen LogP contribution in [-0.2, 0) is 48.0 Å². The maximum Gasteiger partial charge on any atom is 0.224 e. The van der Waals surface area contributed by atoms with E-state index in [-0.39, 0.29) is 60.3 Å². The number of nitrogens with one attached hydrogen (secondary N) is 2. The minimum atomic E-state index is -0.899. The highest BCUT2D eigenvalue weighted by molar-refractivity contribution is 5.98. The van der Waals surface area contributed by atoms with Gasteiger partial charge in [0.1, 0.15) is 11.4 Å². The summed E-state index contributed by atoms with van der Waals surface area (Å²) in [5.74, 6) is -2.33. The van der Waals surface area contributed by atoms with Crippen LogP contribution >= 0.6 is 0 Å². The van der Waals surface area contributed by atoms with Gasteiger partial charge in [-0.2, -0.15) is 0 Å². The van der Waals surface area contributed by atoms with Gasteiger partial charge in [0.2, 0.25) is 11.8 Å². The van der Waals surface area contributed by atoms with E-state index in [1.165, 1.54) is 0 Å². The Bertz CT molecular complexity index is 1620. The molecule has 0 spiro atoms. The van der Waals surface area contributed by atoms with Crippen LogP contribution in [0.5, 0.6) is 0 Å². The van der Waals surface area contributed by atoms with Gasteiger partial charge in [-0.15, -0.1) is 0 Å². The molecule has 8 nitrogen and oxygen atoms in total. The summed E-state index contributed by atoms with van der Waals surface area (Å²) in [5.41, 5.74) is 1.95. The van der Waals surface area contributed by atoms with Crippen molar-refractivity contribution in [1.82, 2.24) is 10.6 Å². The fourth-order valence-electron chi connectivity index (χ4n) is 6.67. The van der Waals surface area contributed by atoms with E-state index < -0.39 is 29.5 Å². The molecule has 1 fully saturated rings. The van der Waals surface area contributed by atoms with Gasteiger partial charge in [0, 0.05) is 31.1 Å². The van der Waals surface area contributed by atoms with Gasteiger partial charge in [0.05, 0.1) is 18.7 Å². The predicted octanol–water partition coefficient (Wildman–Crippen LogP) is 6.68. The van der Waals surface area contributed by atoms with E-state index in [0.29, 0.717) is 38.7 Å². The van der Waals surface area contributed by atoms with Crippen LogP contribution in [0.4, 0.5) is 0 Å². The zero-order valence-electron chi connectivity index (χ0n) is 31.4. The quantitative estimate of drug-likeness (QED) is 0.112. The molecular weight excluding hydrogens is 652 g/mol. The largest absolute Gasteiger partial charge is 0.361 e. The van der Waals surface area contributed by atoms with E-state index in [1.54, 1.807) is 6.92 Å². The maximum absolute atomic E-state index is 14.2. The van der Waals surface area contributed by atoms with Crippen LogP contribution in [-0.4, -0.2) is 53.5 Å². The van der Waals surface area contributed by atoms with Crippen molar-refractivity contribution < 1.29 is 28.7 Å². The van der Waals surface area contributed by atoms with E-state index >= 15 is 0 Å². The number of benzene rings is 3. The van der Waals surface area contributed by atoms with Crippen molar-refractivity contribution in [3.8, 4) is 0 Å². The lowest BCUT2D eigenvalue weighted by atomic mass is 9.87. The molecule has 2 amide bonds. The zero-order chi connectivity index (χ0) is 37.7. The van der Waals surface area contributed by atoms with E-state index in [9.17, 15) is 24.0 Å². The Kier molecular flexibility index (Phi) is 15.1. The second-order valence-electron chi connectivity index (χ2n) is 15.4. The molecule has 8 heteroatoms. The minimum absolute atomic E-state index is 0.0401. The highest BCUT2D eigenvalue weighted by Crippen LogP contribution is 2.30. The Morgan fingerprint density at radius 2 is 1.13 bits per heavy atom. The van der Waals surface area contributed by atoms with Crippen LogP contribution < -0.4 is 10.6 Å². The number of Topliss-reactive ketones (excluding diaryl/α,β-unsaturated/α-hetero) is 3. The van der Waals surface area contributed by atoms with Crippen molar-refractivity contribution in [2.45, 2.75) is 104 Å². The third-order valence-electron chi connectivity index (χ3n) is 9.71. The lowest BCUT2D eigenvalue weighted by Crippen LogP contribution is -2.50. The van der Waals surface area contributed by atoms with Crippen molar-refractivity contribution in [2.24, 2.45) is 23.7 Å². The van der Waals surface area contributed by atoms with Crippen LogP contribution in [0.3, 0.4) is 0 Å². The number of epoxide rings is 1. The number of rotatable bonds is 22. The minimum Gasteiger partial charge on any atom is -0.361 e. The van der Waals surface area contributed by atoms with Crippen LogP contribution in [0.25, 0.3) is 0 Å². The first-order chi connectivity index (χ1) is 24.8. The van der Waals surface area contributed by atoms with E-state index in [0.717, 1.165) is 16.7 Å². The summed E-state index contributed by atoms with van der Waals surface area (Å²) in [5, 5.41) is 6.02. The van der Waals surface area contributed by atoms with Gasteiger partial charge in [-0.05, 0) is 67.6 Å². The molecule has 0 aliphatic carbocycles. The molecule has 1 heterocycles. The normalized spacial score (nSPS) is 17.5. The summed E-state index contributed by atoms with van der Waals surface area (Å²) in [7, 11) is 0. The van der Waals surface area contributed by atoms with Gasteiger partial charge in [-0.3, -0.25) is 24.0 Å². The first-order valence-electron chi connectivity index (χ1n) is 18.8. The van der Waals surface area contributed by atoms with Crippen molar-refractivity contribution in [3.63, 3.8) is 0 Å². The molecule has 0 bridgehead atoms. The SMILES string of the molecule is CC(C)C[C@H](NC(=O)C(CCc1ccccc1)CC(=O)Cc1ccccc1)C(=O)C[C@@H](Cc1ccccc1)C(=O)N[C@@H](CC(C)C)C(=O)[C@@]1(C)CO1. The van der Waals surface area contributed by atoms with Gasteiger partial charge in [-0.25, -0.2) is 0 Å². The molecule has 5 atom stereocenters. The van der Waals surface area contributed by atoms with Gasteiger partial charge < -0.3 is 15.4 Å². The van der Waals surface area contributed by atoms with Crippen LogP contribution in [0.1, 0.15) is 83.4 Å². The number of carbonyl (C=O) groups excluding carboxylic acids is 5. The number of hydrogen-bond acceptors (Lipinski definition) is 6. The number of carbonyl (C=O) groups is 5. The smallest absolute Gasteiger partial charge is 0.224 e. The molecule has 0 radical (unpaired) electrons. The Labute approximate surface area is 309 Å². The predicted molar refractivity (Wildman–Crippen MR) is 203 cm³/mol. The molecule has 1 saturated heterocycles. The lowest BCUT2D eigenvalue weighted by molar-refractivity contribution is -0.135. The zero-order valence-corrected chi connectivity index (χ0v) is 31.4. The molecule has 3 aromatic carbocycles. The number of ether oxygens (including phenoxy) is 1. The third kappa shape index (κ3) is 13.0. The van der Waals surface area contributed by atoms with Gasteiger partial charge >= 0.3 is 0 Å². The topological polar surface area (TPSA) is 122 Å². The summed E-state index contributed by atoms with van der Waals surface area (Å²) >= 11 is 0. The highest BCUT2D eigenvalue weighted by Gasteiger charge is 2.50. The van der Waals surface area contributed by atoms with Gasteiger partial charge in [0.15, 0.2) is 11.6 Å². The Morgan fingerprint density at radius 1 is 0.654 bits per heavy atom. The molecular formula is C44H56N2O6. The molecule has 0 aromatic heterocycles. The summed E-state index contributed by atoms with van der Waals surface area (Å²) in [4.78, 5) is 68.9. The van der Waals surface area contributed by atoms with E-state index in [4.69, 9.17) is 4.74 Å². The third-order valence-corrected chi connectivity index (χ3v) is 9.71. The lowest BCUT2D eigenvalue weighted by Gasteiger charge is -2.27. The Hall–Kier alpha value is -4.43.